The number of nitrogens with zero attached hydrogens (tertiary/aromatic N) is 2. The Hall–Kier alpha value is -0.830. The predicted molar refractivity (Wildman–Crippen MR) is 41.4 cm³/mol. The van der Waals surface area contributed by atoms with Crippen LogP contribution in [0.2, 0.25) is 0 Å². The van der Waals surface area contributed by atoms with Gasteiger partial charge in [-0.2, -0.15) is 5.10 Å². The van der Waals surface area contributed by atoms with Crippen LogP contribution in [0.1, 0.15) is 25.2 Å². The zero-order valence-corrected chi connectivity index (χ0v) is 5.92. The van der Waals surface area contributed by atoms with Crippen LogP contribution in [-0.2, 0) is 17.9 Å². The summed E-state index contributed by atoms with van der Waals surface area (Å²) in [6.45, 7) is -4.12. The maximum Gasteiger partial charge on any atom is 0.0888 e. The quantitative estimate of drug-likeness (QED) is 0.564. The van der Waals surface area contributed by atoms with Gasteiger partial charge in [-0.1, -0.05) is 0 Å². The van der Waals surface area contributed by atoms with E-state index >= 15 is 0 Å². The molecule has 1 aliphatic rings. The highest BCUT2D eigenvalue weighted by molar-refractivity contribution is 5.23. The Morgan fingerprint density at radius 2 is 2.64 bits per heavy atom. The van der Waals surface area contributed by atoms with Crippen LogP contribution >= 0.6 is 0 Å². The van der Waals surface area contributed by atoms with Crippen molar-refractivity contribution in [2.45, 2.75) is 26.9 Å². The van der Waals surface area contributed by atoms with Gasteiger partial charge in [0.15, 0.2) is 0 Å². The Morgan fingerprint density at radius 3 is 3.45 bits per heavy atom. The molecule has 3 nitrogen and oxygen atoms in total. The molecule has 3 heteroatoms. The number of aromatic nitrogens is 2. The first-order chi connectivity index (χ1) is 7.71. The number of aryl methyl sites for hydroxylation is 1. The van der Waals surface area contributed by atoms with Crippen LogP contribution in [0.15, 0.2) is 0 Å². The minimum atomic E-state index is -2.52. The average molecular weight is 158 g/mol. The summed E-state index contributed by atoms with van der Waals surface area (Å²) in [4.78, 5) is 0. The van der Waals surface area contributed by atoms with E-state index in [1.165, 1.54) is 4.68 Å². The fourth-order valence-electron chi connectivity index (χ4n) is 1.15. The van der Waals surface area contributed by atoms with E-state index in [2.05, 4.69) is 5.10 Å². The molecule has 0 saturated heterocycles. The highest BCUT2D eigenvalue weighted by Gasteiger charge is 2.14. The molecule has 11 heavy (non-hydrogen) atoms. The van der Waals surface area contributed by atoms with E-state index in [0.29, 0.717) is 18.8 Å². The second-order valence-corrected chi connectivity index (χ2v) is 2.45. The van der Waals surface area contributed by atoms with Crippen LogP contribution in [0.25, 0.3) is 0 Å². The Morgan fingerprint density at radius 1 is 1.64 bits per heavy atom. The van der Waals surface area contributed by atoms with E-state index < -0.39 is 13.7 Å². The van der Waals surface area contributed by atoms with E-state index in [1.54, 1.807) is 0 Å². The highest BCUT2D eigenvalue weighted by atomic mass is 16.5. The van der Waals surface area contributed by atoms with Crippen molar-refractivity contribution in [1.29, 1.82) is 0 Å². The lowest BCUT2D eigenvalue weighted by Gasteiger charge is -2.14. The van der Waals surface area contributed by atoms with Crippen LogP contribution in [0.4, 0.5) is 0 Å². The summed E-state index contributed by atoms with van der Waals surface area (Å²) < 4.78 is 50.9. The molecule has 2 rings (SSSR count). The van der Waals surface area contributed by atoms with Gasteiger partial charge in [0, 0.05) is 8.22 Å². The fourth-order valence-corrected chi connectivity index (χ4v) is 1.15. The van der Waals surface area contributed by atoms with Gasteiger partial charge in [0.1, 0.15) is 0 Å². The largest absolute Gasteiger partial charge is 0.373 e. The molecule has 2 heterocycles. The number of rotatable bonds is 0. The Balaban J connectivity index is 2.64. The molecule has 1 aromatic rings. The van der Waals surface area contributed by atoms with Crippen LogP contribution in [0.3, 0.4) is 0 Å². The third kappa shape index (κ3) is 0.959. The molecule has 0 aromatic carbocycles. The van der Waals surface area contributed by atoms with E-state index in [1.807, 2.05) is 0 Å². The van der Waals surface area contributed by atoms with Crippen molar-refractivity contribution >= 4 is 0 Å². The summed E-state index contributed by atoms with van der Waals surface area (Å²) in [7, 11) is 0. The summed E-state index contributed by atoms with van der Waals surface area (Å²) in [5.41, 5.74) is -0.169. The van der Waals surface area contributed by atoms with Crippen molar-refractivity contribution < 1.29 is 13.0 Å². The van der Waals surface area contributed by atoms with Gasteiger partial charge in [-0.3, -0.25) is 4.68 Å². The third-order valence-corrected chi connectivity index (χ3v) is 1.74. The van der Waals surface area contributed by atoms with E-state index in [4.69, 9.17) is 13.0 Å². The zero-order valence-electron chi connectivity index (χ0n) is 11.9. The first-order valence-corrected chi connectivity index (χ1v) is 3.39. The van der Waals surface area contributed by atoms with E-state index in [-0.39, 0.29) is 17.9 Å². The summed E-state index contributed by atoms with van der Waals surface area (Å²) in [6, 6.07) is 0. The molecule has 0 saturated carbocycles. The lowest BCUT2D eigenvalue weighted by molar-refractivity contribution is 0.0796. The first-order valence-electron chi connectivity index (χ1n) is 6.39. The van der Waals surface area contributed by atoms with Crippen molar-refractivity contribution in [2.75, 3.05) is 6.61 Å². The molecule has 0 radical (unpaired) electrons. The first kappa shape index (κ1) is 2.90. The monoisotopic (exact) mass is 158 g/mol. The molecule has 0 aliphatic carbocycles. The fraction of sp³-hybridized carbons (Fsp3) is 0.625. The lowest BCUT2D eigenvalue weighted by atomic mass is 10.2. The van der Waals surface area contributed by atoms with Gasteiger partial charge in [-0.25, -0.2) is 0 Å². The van der Waals surface area contributed by atoms with Crippen LogP contribution in [0, 0.1) is 13.7 Å². The normalized spacial score (nSPS) is 26.9. The summed E-state index contributed by atoms with van der Waals surface area (Å²) in [6.07, 6.45) is 0. The molecule has 0 spiro atoms. The second kappa shape index (κ2) is 2.34. The molecule has 0 N–H and O–H groups in total. The summed E-state index contributed by atoms with van der Waals surface area (Å²) >= 11 is 0. The minimum absolute atomic E-state index is 0.0941. The molecule has 0 atom stereocenters. The van der Waals surface area contributed by atoms with Crippen molar-refractivity contribution in [3.8, 4) is 0 Å². The van der Waals surface area contributed by atoms with Crippen molar-refractivity contribution in [1.82, 2.24) is 9.78 Å². The van der Waals surface area contributed by atoms with Gasteiger partial charge in [0.05, 0.1) is 31.1 Å². The second-order valence-electron chi connectivity index (χ2n) is 2.45. The van der Waals surface area contributed by atoms with Crippen molar-refractivity contribution in [3.05, 3.63) is 17.0 Å². The highest BCUT2D eigenvalue weighted by Crippen LogP contribution is 2.16. The van der Waals surface area contributed by atoms with E-state index in [0.717, 1.165) is 0 Å². The Kier molecular flexibility index (Phi) is 0.617. The SMILES string of the molecule is [2H]C([2H])([2H])c1nn2c(c1C([2H])([2H])[2H])COCC2. The topological polar surface area (TPSA) is 27.1 Å². The minimum Gasteiger partial charge on any atom is -0.373 e. The number of fused-ring (bicyclic) bond motifs is 1. The number of hydrogen-bond donors (Lipinski definition) is 0. The molecule has 0 amide bonds. The molecular formula is C8H12N2O. The molecule has 60 valence electrons. The average Bonchev–Trinajstić information content (AvgIpc) is 2.54. The number of hydrogen-bond acceptors (Lipinski definition) is 2. The van der Waals surface area contributed by atoms with Crippen LogP contribution in [0.5, 0.6) is 0 Å². The van der Waals surface area contributed by atoms with Crippen LogP contribution < -0.4 is 0 Å². The van der Waals surface area contributed by atoms with Crippen LogP contribution in [-0.4, -0.2) is 16.4 Å². The molecule has 1 aliphatic heterocycles. The van der Waals surface area contributed by atoms with E-state index in [9.17, 15) is 0 Å². The zero-order chi connectivity index (χ0) is 12.8. The van der Waals surface area contributed by atoms with Crippen molar-refractivity contribution in [2.24, 2.45) is 0 Å². The number of ether oxygens (including phenoxy) is 1. The van der Waals surface area contributed by atoms with Gasteiger partial charge >= 0.3 is 0 Å². The third-order valence-electron chi connectivity index (χ3n) is 1.74. The molecular weight excluding hydrogens is 140 g/mol. The Bertz CT molecular complexity index is 432. The van der Waals surface area contributed by atoms with Crippen molar-refractivity contribution in [3.63, 3.8) is 0 Å². The predicted octanol–water partition coefficient (Wildman–Crippen LogP) is 1.03. The smallest absolute Gasteiger partial charge is 0.0888 e. The summed E-state index contributed by atoms with van der Waals surface area (Å²) in [5, 5.41) is 3.90. The maximum atomic E-state index is 7.42. The Labute approximate surface area is 74.4 Å². The van der Waals surface area contributed by atoms with Gasteiger partial charge < -0.3 is 4.74 Å². The lowest BCUT2D eigenvalue weighted by Crippen LogP contribution is -2.17. The molecule has 0 unspecified atom stereocenters. The molecule has 1 aromatic heterocycles. The van der Waals surface area contributed by atoms with Gasteiger partial charge in [-0.05, 0) is 19.3 Å². The van der Waals surface area contributed by atoms with Gasteiger partial charge in [-0.15, -0.1) is 0 Å². The molecule has 0 fully saturated rings. The van der Waals surface area contributed by atoms with Gasteiger partial charge in [0.25, 0.3) is 0 Å². The molecule has 0 bridgehead atoms. The maximum absolute atomic E-state index is 7.42. The standard InChI is InChI=1S/C8H12N2O/c1-6-7(2)9-10-3-4-11-5-8(6)10/h3-5H2,1-2H3/i1D3,2D3. The van der Waals surface area contributed by atoms with Gasteiger partial charge in [0.2, 0.25) is 0 Å². The summed E-state index contributed by atoms with van der Waals surface area (Å²) in [5.74, 6) is 0.